The van der Waals surface area contributed by atoms with Crippen LogP contribution in [0.2, 0.25) is 0 Å². The topological polar surface area (TPSA) is 16.4 Å². The molecule has 1 aromatic heterocycles. The van der Waals surface area contributed by atoms with Gasteiger partial charge in [-0.25, -0.2) is 0 Å². The van der Waals surface area contributed by atoms with Crippen LogP contribution < -0.4 is 4.90 Å². The van der Waals surface area contributed by atoms with Crippen LogP contribution in [0.5, 0.6) is 0 Å². The van der Waals surface area contributed by atoms with Crippen molar-refractivity contribution in [3.05, 3.63) is 188 Å². The van der Waals surface area contributed by atoms with Gasteiger partial charge >= 0.3 is 0 Å². The van der Waals surface area contributed by atoms with E-state index in [1.54, 1.807) is 0 Å². The number of anilines is 3. The molecule has 0 fully saturated rings. The number of furan rings is 1. The molecule has 0 amide bonds. The lowest BCUT2D eigenvalue weighted by molar-refractivity contribution is 0.670. The van der Waals surface area contributed by atoms with Crippen molar-refractivity contribution in [2.45, 2.75) is 0 Å². The SMILES string of the molecule is c1ccc(-c2ccc(N(c3cccc(-c4cccc5c4oc4ccccc45)c3)c3ccc4c5ccccc5c5ccccc5c4c3)cc2)cc1. The second kappa shape index (κ2) is 11.5. The van der Waals surface area contributed by atoms with Gasteiger partial charge in [-0.15, -0.1) is 0 Å². The van der Waals surface area contributed by atoms with Crippen molar-refractivity contribution in [2.75, 3.05) is 4.90 Å². The van der Waals surface area contributed by atoms with Crippen molar-refractivity contribution in [2.24, 2.45) is 0 Å². The highest BCUT2D eigenvalue weighted by Gasteiger charge is 2.18. The first-order valence-electron chi connectivity index (χ1n) is 17.1. The van der Waals surface area contributed by atoms with Gasteiger partial charge in [0.1, 0.15) is 11.2 Å². The third kappa shape index (κ3) is 4.57. The van der Waals surface area contributed by atoms with Crippen molar-refractivity contribution >= 4 is 71.3 Å². The summed E-state index contributed by atoms with van der Waals surface area (Å²) < 4.78 is 6.47. The molecule has 0 unspecified atom stereocenters. The molecule has 10 rings (SSSR count). The van der Waals surface area contributed by atoms with Gasteiger partial charge < -0.3 is 9.32 Å². The zero-order valence-electron chi connectivity index (χ0n) is 27.3. The summed E-state index contributed by atoms with van der Waals surface area (Å²) in [5.74, 6) is 0. The molecule has 10 aromatic rings. The van der Waals surface area contributed by atoms with Crippen LogP contribution in [-0.4, -0.2) is 0 Å². The maximum absolute atomic E-state index is 6.47. The largest absolute Gasteiger partial charge is 0.455 e. The zero-order chi connectivity index (χ0) is 33.0. The molecule has 234 valence electrons. The molecule has 0 radical (unpaired) electrons. The molecule has 9 aromatic carbocycles. The van der Waals surface area contributed by atoms with E-state index in [4.69, 9.17) is 4.42 Å². The van der Waals surface area contributed by atoms with Crippen LogP contribution in [0.1, 0.15) is 0 Å². The molecule has 0 aliphatic carbocycles. The Hall–Kier alpha value is -6.64. The normalized spacial score (nSPS) is 11.6. The Morgan fingerprint density at radius 3 is 1.56 bits per heavy atom. The van der Waals surface area contributed by atoms with Gasteiger partial charge in [0.15, 0.2) is 0 Å². The minimum atomic E-state index is 0.905. The summed E-state index contributed by atoms with van der Waals surface area (Å²) in [6, 6.07) is 67.5. The standard InChI is InChI=1S/C48H31NO/c1-2-12-32(13-3-1)33-24-26-35(27-25-33)49(37-28-29-43-41-18-5-4-16-39(41)40-17-6-7-19-42(40)46(43)31-37)36-15-10-14-34(30-36)38-21-11-22-45-44-20-8-9-23-47(44)50-48(38)45/h1-31H. The van der Waals surface area contributed by atoms with E-state index < -0.39 is 0 Å². The molecule has 0 N–H and O–H groups in total. The first-order chi connectivity index (χ1) is 24.8. The molecule has 0 bridgehead atoms. The highest BCUT2D eigenvalue weighted by molar-refractivity contribution is 6.25. The van der Waals surface area contributed by atoms with Gasteiger partial charge in [-0.05, 0) is 91.5 Å². The van der Waals surface area contributed by atoms with Crippen molar-refractivity contribution in [3.63, 3.8) is 0 Å². The molecule has 0 saturated heterocycles. The number of hydrogen-bond acceptors (Lipinski definition) is 2. The Bertz CT molecular complexity index is 2830. The summed E-state index contributed by atoms with van der Waals surface area (Å²) in [6.07, 6.45) is 0. The van der Waals surface area contributed by atoms with Crippen molar-refractivity contribution < 1.29 is 4.42 Å². The molecule has 0 aliphatic rings. The minimum absolute atomic E-state index is 0.905. The first-order valence-corrected chi connectivity index (χ1v) is 17.1. The van der Waals surface area contributed by atoms with E-state index >= 15 is 0 Å². The molecule has 2 heteroatoms. The number of nitrogens with zero attached hydrogens (tertiary/aromatic N) is 1. The molecule has 0 aliphatic heterocycles. The summed E-state index contributed by atoms with van der Waals surface area (Å²) in [7, 11) is 0. The van der Waals surface area contributed by atoms with Gasteiger partial charge in [-0.2, -0.15) is 0 Å². The van der Waals surface area contributed by atoms with Crippen molar-refractivity contribution in [1.29, 1.82) is 0 Å². The fraction of sp³-hybridized carbons (Fsp3) is 0. The number of hydrogen-bond donors (Lipinski definition) is 0. The predicted octanol–water partition coefficient (Wildman–Crippen LogP) is 13.8. The number of rotatable bonds is 5. The van der Waals surface area contributed by atoms with Crippen LogP contribution in [0.3, 0.4) is 0 Å². The van der Waals surface area contributed by atoms with E-state index in [9.17, 15) is 0 Å². The van der Waals surface area contributed by atoms with Gasteiger partial charge in [-0.3, -0.25) is 0 Å². The Morgan fingerprint density at radius 1 is 0.300 bits per heavy atom. The predicted molar refractivity (Wildman–Crippen MR) is 212 cm³/mol. The lowest BCUT2D eigenvalue weighted by Gasteiger charge is -2.27. The van der Waals surface area contributed by atoms with Crippen molar-refractivity contribution in [1.82, 2.24) is 0 Å². The minimum Gasteiger partial charge on any atom is -0.455 e. The monoisotopic (exact) mass is 637 g/mol. The lowest BCUT2D eigenvalue weighted by Crippen LogP contribution is -2.10. The Morgan fingerprint density at radius 2 is 0.820 bits per heavy atom. The Kier molecular flexibility index (Phi) is 6.53. The van der Waals surface area contributed by atoms with Crippen LogP contribution >= 0.6 is 0 Å². The third-order valence-corrected chi connectivity index (χ3v) is 10.0. The highest BCUT2D eigenvalue weighted by Crippen LogP contribution is 2.43. The maximum atomic E-state index is 6.47. The van der Waals surface area contributed by atoms with Crippen LogP contribution in [0.15, 0.2) is 192 Å². The van der Waals surface area contributed by atoms with Gasteiger partial charge in [0.25, 0.3) is 0 Å². The number of para-hydroxylation sites is 2. The smallest absolute Gasteiger partial charge is 0.143 e. The summed E-state index contributed by atoms with van der Waals surface area (Å²) >= 11 is 0. The maximum Gasteiger partial charge on any atom is 0.143 e. The summed E-state index contributed by atoms with van der Waals surface area (Å²) in [4.78, 5) is 2.38. The van der Waals surface area contributed by atoms with E-state index in [0.717, 1.165) is 50.1 Å². The number of fused-ring (bicyclic) bond motifs is 9. The average molecular weight is 638 g/mol. The van der Waals surface area contributed by atoms with Gasteiger partial charge in [0.2, 0.25) is 0 Å². The summed E-state index contributed by atoms with van der Waals surface area (Å²) in [5.41, 5.74) is 9.67. The third-order valence-electron chi connectivity index (χ3n) is 10.0. The summed E-state index contributed by atoms with van der Waals surface area (Å²) in [6.45, 7) is 0. The molecular weight excluding hydrogens is 607 g/mol. The Labute approximate surface area is 290 Å². The van der Waals surface area contributed by atoms with Crippen LogP contribution in [0, 0.1) is 0 Å². The average Bonchev–Trinajstić information content (AvgIpc) is 3.58. The van der Waals surface area contributed by atoms with E-state index in [-0.39, 0.29) is 0 Å². The van der Waals surface area contributed by atoms with E-state index in [1.165, 1.54) is 43.4 Å². The molecule has 0 saturated carbocycles. The second-order valence-electron chi connectivity index (χ2n) is 12.9. The number of benzene rings is 9. The highest BCUT2D eigenvalue weighted by atomic mass is 16.3. The first kappa shape index (κ1) is 28.4. The molecule has 0 spiro atoms. The fourth-order valence-electron chi connectivity index (χ4n) is 7.70. The van der Waals surface area contributed by atoms with Crippen molar-refractivity contribution in [3.8, 4) is 22.3 Å². The quantitative estimate of drug-likeness (QED) is 0.175. The van der Waals surface area contributed by atoms with Gasteiger partial charge in [0.05, 0.1) is 0 Å². The molecular formula is C48H31NO. The molecule has 2 nitrogen and oxygen atoms in total. The van der Waals surface area contributed by atoms with Gasteiger partial charge in [-0.1, -0.05) is 146 Å². The Balaban J connectivity index is 1.18. The molecule has 1 heterocycles. The molecule has 0 atom stereocenters. The van der Waals surface area contributed by atoms with E-state index in [0.29, 0.717) is 0 Å². The van der Waals surface area contributed by atoms with E-state index in [2.05, 4.69) is 181 Å². The second-order valence-corrected chi connectivity index (χ2v) is 12.9. The van der Waals surface area contributed by atoms with Crippen LogP contribution in [0.25, 0.3) is 76.5 Å². The van der Waals surface area contributed by atoms with E-state index in [1.807, 2.05) is 12.1 Å². The zero-order valence-corrected chi connectivity index (χ0v) is 27.3. The molecule has 50 heavy (non-hydrogen) atoms. The lowest BCUT2D eigenvalue weighted by atomic mass is 9.94. The van der Waals surface area contributed by atoms with Gasteiger partial charge in [0, 0.05) is 33.4 Å². The fourth-order valence-corrected chi connectivity index (χ4v) is 7.70. The van der Waals surface area contributed by atoms with Crippen LogP contribution in [0.4, 0.5) is 17.1 Å². The summed E-state index contributed by atoms with van der Waals surface area (Å²) in [5, 5.41) is 9.84. The van der Waals surface area contributed by atoms with Crippen LogP contribution in [-0.2, 0) is 0 Å².